The van der Waals surface area contributed by atoms with E-state index in [1.165, 1.54) is 5.06 Å². The normalized spacial score (nSPS) is 15.1. The number of nitrogens with zero attached hydrogens (tertiary/aromatic N) is 1. The van der Waals surface area contributed by atoms with E-state index in [1.807, 2.05) is 46.8 Å². The van der Waals surface area contributed by atoms with Crippen LogP contribution in [0.2, 0.25) is 0 Å². The molecule has 0 unspecified atom stereocenters. The topological polar surface area (TPSA) is 74.3 Å². The van der Waals surface area contributed by atoms with Crippen LogP contribution < -0.4 is 4.74 Å². The van der Waals surface area contributed by atoms with Gasteiger partial charge in [-0.1, -0.05) is 29.8 Å². The lowest BCUT2D eigenvalue weighted by Gasteiger charge is -2.31. The van der Waals surface area contributed by atoms with E-state index in [0.717, 1.165) is 22.3 Å². The van der Waals surface area contributed by atoms with Crippen molar-refractivity contribution in [3.8, 4) is 5.75 Å². The molecule has 182 valence electrons. The van der Waals surface area contributed by atoms with Gasteiger partial charge in [0.2, 0.25) is 0 Å². The van der Waals surface area contributed by atoms with Gasteiger partial charge in [0.05, 0.1) is 12.2 Å². The monoisotopic (exact) mass is 467 g/mol. The highest BCUT2D eigenvalue weighted by Gasteiger charge is 2.50. The zero-order valence-electron chi connectivity index (χ0n) is 21.0. The highest BCUT2D eigenvalue weighted by atomic mass is 16.8. The van der Waals surface area contributed by atoms with Crippen molar-refractivity contribution in [2.24, 2.45) is 0 Å². The van der Waals surface area contributed by atoms with Gasteiger partial charge >= 0.3 is 5.97 Å². The minimum absolute atomic E-state index is 0.0980. The fraction of sp³-hybridized carbons (Fsp3) is 0.407. The molecule has 0 aromatic heterocycles. The number of esters is 1. The van der Waals surface area contributed by atoms with E-state index in [2.05, 4.69) is 0 Å². The third-order valence-electron chi connectivity index (χ3n) is 5.69. The summed E-state index contributed by atoms with van der Waals surface area (Å²) >= 11 is 0. The number of benzene rings is 2. The molecule has 2 aromatic carbocycles. The van der Waals surface area contributed by atoms with Gasteiger partial charge in [-0.05, 0) is 77.3 Å². The number of carbonyl (C=O) groups is 2. The van der Waals surface area contributed by atoms with Crippen molar-refractivity contribution in [3.05, 3.63) is 70.0 Å². The molecule has 1 aliphatic heterocycles. The number of hydrogen-bond acceptors (Lipinski definition) is 6. The molecule has 0 radical (unpaired) electrons. The highest BCUT2D eigenvalue weighted by molar-refractivity contribution is 6.23. The van der Waals surface area contributed by atoms with Gasteiger partial charge in [-0.2, -0.15) is 0 Å². The summed E-state index contributed by atoms with van der Waals surface area (Å²) in [5.41, 5.74) is 3.15. The van der Waals surface area contributed by atoms with Crippen LogP contribution in [0.25, 0.3) is 5.57 Å². The molecule has 1 amide bonds. The van der Waals surface area contributed by atoms with Crippen LogP contribution in [0.5, 0.6) is 5.75 Å². The lowest BCUT2D eigenvalue weighted by Crippen LogP contribution is -2.44. The lowest BCUT2D eigenvalue weighted by molar-refractivity contribution is -0.242. The predicted molar refractivity (Wildman–Crippen MR) is 129 cm³/mol. The Kier molecular flexibility index (Phi) is 7.79. The second-order valence-electron chi connectivity index (χ2n) is 8.69. The van der Waals surface area contributed by atoms with Crippen molar-refractivity contribution in [2.75, 3.05) is 20.0 Å². The Bertz CT molecular complexity index is 1090. The molecule has 0 bridgehead atoms. The van der Waals surface area contributed by atoms with Gasteiger partial charge in [-0.25, -0.2) is 14.7 Å². The fourth-order valence-electron chi connectivity index (χ4n) is 4.28. The van der Waals surface area contributed by atoms with E-state index in [0.29, 0.717) is 24.5 Å². The largest absolute Gasteiger partial charge is 0.493 e. The molecule has 1 heterocycles. The van der Waals surface area contributed by atoms with Gasteiger partial charge in [0.1, 0.15) is 22.6 Å². The molecule has 0 spiro atoms. The second kappa shape index (κ2) is 10.4. The van der Waals surface area contributed by atoms with E-state index < -0.39 is 11.5 Å². The summed E-state index contributed by atoms with van der Waals surface area (Å²) in [6.07, 6.45) is 0. The zero-order chi connectivity index (χ0) is 25.0. The van der Waals surface area contributed by atoms with Crippen LogP contribution in [0.1, 0.15) is 60.3 Å². The van der Waals surface area contributed by atoms with Gasteiger partial charge in [0, 0.05) is 6.61 Å². The third-order valence-corrected chi connectivity index (χ3v) is 5.69. The molecule has 1 aliphatic rings. The van der Waals surface area contributed by atoms with Crippen LogP contribution in [0.3, 0.4) is 0 Å². The van der Waals surface area contributed by atoms with Gasteiger partial charge in [-0.3, -0.25) is 4.79 Å². The van der Waals surface area contributed by atoms with Gasteiger partial charge < -0.3 is 14.2 Å². The maximum atomic E-state index is 13.7. The van der Waals surface area contributed by atoms with E-state index >= 15 is 0 Å². The summed E-state index contributed by atoms with van der Waals surface area (Å²) in [6.45, 7) is 13.9. The number of hydrogen-bond donors (Lipinski definition) is 0. The Hall–Kier alpha value is -3.16. The Balaban J connectivity index is 2.13. The van der Waals surface area contributed by atoms with Crippen LogP contribution in [-0.4, -0.2) is 42.5 Å². The summed E-state index contributed by atoms with van der Waals surface area (Å²) in [5.74, 6) is -0.348. The lowest BCUT2D eigenvalue weighted by atomic mass is 9.91. The predicted octanol–water partition coefficient (Wildman–Crippen LogP) is 5.13. The standard InChI is InChI=1S/C27H33NO6/c1-8-31-16-33-28-25(29)23(22-18(4)14-17(3)15-19(22)5)24(27(28,6)7)34-26(30)20-12-10-11-13-21(20)32-9-2/h10-15H,8-9,16H2,1-7H3. The molecule has 7 heteroatoms. The van der Waals surface area contributed by atoms with Crippen molar-refractivity contribution >= 4 is 17.4 Å². The summed E-state index contributed by atoms with van der Waals surface area (Å²) in [6, 6.07) is 10.9. The van der Waals surface area contributed by atoms with Crippen molar-refractivity contribution in [2.45, 2.75) is 54.0 Å². The van der Waals surface area contributed by atoms with Crippen LogP contribution in [0.15, 0.2) is 42.2 Å². The van der Waals surface area contributed by atoms with Gasteiger partial charge in [-0.15, -0.1) is 0 Å². The minimum atomic E-state index is -1.07. The van der Waals surface area contributed by atoms with Crippen LogP contribution >= 0.6 is 0 Å². The first-order valence-electron chi connectivity index (χ1n) is 11.5. The van der Waals surface area contributed by atoms with Crippen molar-refractivity contribution in [1.82, 2.24) is 5.06 Å². The maximum Gasteiger partial charge on any atom is 0.347 e. The summed E-state index contributed by atoms with van der Waals surface area (Å²) in [4.78, 5) is 32.7. The van der Waals surface area contributed by atoms with Crippen molar-refractivity contribution in [3.63, 3.8) is 0 Å². The number of aryl methyl sites for hydroxylation is 3. The van der Waals surface area contributed by atoms with Gasteiger partial charge in [0.15, 0.2) is 6.79 Å². The fourth-order valence-corrected chi connectivity index (χ4v) is 4.28. The highest BCUT2D eigenvalue weighted by Crippen LogP contribution is 2.43. The van der Waals surface area contributed by atoms with Crippen LogP contribution in [0, 0.1) is 20.8 Å². The van der Waals surface area contributed by atoms with E-state index in [-0.39, 0.29) is 24.0 Å². The molecule has 0 saturated carbocycles. The molecule has 2 aromatic rings. The molecular weight excluding hydrogens is 434 g/mol. The molecular formula is C27H33NO6. The number of carbonyl (C=O) groups excluding carboxylic acids is 2. The summed E-state index contributed by atoms with van der Waals surface area (Å²) in [5, 5.41) is 1.23. The Labute approximate surface area is 201 Å². The first kappa shape index (κ1) is 25.5. The third kappa shape index (κ3) is 4.86. The number of para-hydroxylation sites is 1. The first-order valence-corrected chi connectivity index (χ1v) is 11.5. The SMILES string of the molecule is CCOCON1C(=O)C(c2c(C)cc(C)cc2C)=C(OC(=O)c2ccccc2OCC)C1(C)C. The molecule has 0 aliphatic carbocycles. The molecule has 0 atom stereocenters. The van der Waals surface area contributed by atoms with Crippen LogP contribution in [0.4, 0.5) is 0 Å². The average Bonchev–Trinajstić information content (AvgIpc) is 2.94. The molecule has 34 heavy (non-hydrogen) atoms. The Morgan fingerprint density at radius 1 is 1.00 bits per heavy atom. The minimum Gasteiger partial charge on any atom is -0.493 e. The molecule has 0 saturated heterocycles. The first-order chi connectivity index (χ1) is 16.1. The average molecular weight is 468 g/mol. The van der Waals surface area contributed by atoms with Crippen LogP contribution in [-0.2, 0) is 19.1 Å². The smallest absolute Gasteiger partial charge is 0.347 e. The van der Waals surface area contributed by atoms with Crippen molar-refractivity contribution in [1.29, 1.82) is 0 Å². The van der Waals surface area contributed by atoms with E-state index in [9.17, 15) is 9.59 Å². The molecule has 0 N–H and O–H groups in total. The maximum absolute atomic E-state index is 13.7. The number of hydroxylamine groups is 2. The Morgan fingerprint density at radius 3 is 2.26 bits per heavy atom. The number of amides is 1. The van der Waals surface area contributed by atoms with Crippen molar-refractivity contribution < 1.29 is 28.6 Å². The molecule has 3 rings (SSSR count). The molecule has 0 fully saturated rings. The second-order valence-corrected chi connectivity index (χ2v) is 8.69. The zero-order valence-corrected chi connectivity index (χ0v) is 21.0. The van der Waals surface area contributed by atoms with Gasteiger partial charge in [0.25, 0.3) is 5.91 Å². The Morgan fingerprint density at radius 2 is 1.65 bits per heavy atom. The summed E-state index contributed by atoms with van der Waals surface area (Å²) in [7, 11) is 0. The number of ether oxygens (including phenoxy) is 3. The van der Waals surface area contributed by atoms with E-state index in [4.69, 9.17) is 19.0 Å². The molecule has 7 nitrogen and oxygen atoms in total. The quantitative estimate of drug-likeness (QED) is 0.289. The number of rotatable bonds is 9. The van der Waals surface area contributed by atoms with E-state index in [1.54, 1.807) is 38.1 Å². The summed E-state index contributed by atoms with van der Waals surface area (Å²) < 4.78 is 16.9.